The van der Waals surface area contributed by atoms with Crippen LogP contribution < -0.4 is 0 Å². The number of halogens is 2. The molecule has 1 aromatic heterocycles. The van der Waals surface area contributed by atoms with E-state index in [-0.39, 0.29) is 27.2 Å². The molecule has 0 saturated carbocycles. The zero-order valence-electron chi connectivity index (χ0n) is 8.15. The van der Waals surface area contributed by atoms with Gasteiger partial charge in [0, 0.05) is 17.7 Å². The lowest BCUT2D eigenvalue weighted by Gasteiger charge is -2.02. The molecule has 0 aliphatic carbocycles. The third-order valence-electron chi connectivity index (χ3n) is 2.04. The van der Waals surface area contributed by atoms with Crippen LogP contribution in [-0.4, -0.2) is 21.3 Å². The molecule has 88 valence electrons. The second-order valence-corrected chi connectivity index (χ2v) is 4.02. The SMILES string of the molecule is O=C(O)c1cc(-c2cc(Br)c(F)cc2O)no1. The van der Waals surface area contributed by atoms with Crippen LogP contribution in [0.1, 0.15) is 10.6 Å². The number of hydrogen-bond acceptors (Lipinski definition) is 4. The quantitative estimate of drug-likeness (QED) is 0.891. The van der Waals surface area contributed by atoms with Crippen LogP contribution in [0.3, 0.4) is 0 Å². The minimum Gasteiger partial charge on any atom is -0.507 e. The molecule has 0 spiro atoms. The first-order chi connectivity index (χ1) is 7.99. The fourth-order valence-corrected chi connectivity index (χ4v) is 1.59. The van der Waals surface area contributed by atoms with E-state index in [0.717, 1.165) is 12.1 Å². The summed E-state index contributed by atoms with van der Waals surface area (Å²) in [6.45, 7) is 0. The van der Waals surface area contributed by atoms with Crippen LogP contribution in [0.5, 0.6) is 5.75 Å². The summed E-state index contributed by atoms with van der Waals surface area (Å²) >= 11 is 2.95. The molecule has 0 atom stereocenters. The summed E-state index contributed by atoms with van der Waals surface area (Å²) in [7, 11) is 0. The summed E-state index contributed by atoms with van der Waals surface area (Å²) in [6.07, 6.45) is 0. The summed E-state index contributed by atoms with van der Waals surface area (Å²) in [5.41, 5.74) is 0.287. The van der Waals surface area contributed by atoms with Gasteiger partial charge in [-0.2, -0.15) is 0 Å². The molecule has 17 heavy (non-hydrogen) atoms. The van der Waals surface area contributed by atoms with Crippen LogP contribution in [-0.2, 0) is 0 Å². The minimum atomic E-state index is -1.27. The monoisotopic (exact) mass is 301 g/mol. The molecule has 5 nitrogen and oxygen atoms in total. The highest BCUT2D eigenvalue weighted by molar-refractivity contribution is 9.10. The maximum absolute atomic E-state index is 13.1. The Labute approximate surface area is 103 Å². The Morgan fingerprint density at radius 2 is 2.12 bits per heavy atom. The number of nitrogens with zero attached hydrogens (tertiary/aromatic N) is 1. The van der Waals surface area contributed by atoms with Gasteiger partial charge >= 0.3 is 5.97 Å². The molecule has 0 fully saturated rings. The number of benzene rings is 1. The lowest BCUT2D eigenvalue weighted by atomic mass is 10.1. The van der Waals surface area contributed by atoms with Crippen molar-refractivity contribution < 1.29 is 23.9 Å². The Hall–Kier alpha value is -1.89. The van der Waals surface area contributed by atoms with Crippen molar-refractivity contribution in [2.45, 2.75) is 0 Å². The van der Waals surface area contributed by atoms with Crippen molar-refractivity contribution in [3.8, 4) is 17.0 Å². The van der Waals surface area contributed by atoms with Crippen molar-refractivity contribution >= 4 is 21.9 Å². The van der Waals surface area contributed by atoms with Crippen molar-refractivity contribution in [3.63, 3.8) is 0 Å². The molecule has 0 aliphatic heterocycles. The average Bonchev–Trinajstić information content (AvgIpc) is 2.72. The summed E-state index contributed by atoms with van der Waals surface area (Å²) < 4.78 is 17.7. The molecule has 0 radical (unpaired) electrons. The van der Waals surface area contributed by atoms with E-state index in [4.69, 9.17) is 5.11 Å². The second kappa shape index (κ2) is 4.17. The smallest absolute Gasteiger partial charge is 0.374 e. The molecule has 1 aromatic carbocycles. The van der Waals surface area contributed by atoms with E-state index in [1.807, 2.05) is 0 Å². The highest BCUT2D eigenvalue weighted by atomic mass is 79.9. The Morgan fingerprint density at radius 3 is 2.71 bits per heavy atom. The number of phenols is 1. The van der Waals surface area contributed by atoms with Crippen molar-refractivity contribution in [1.82, 2.24) is 5.16 Å². The maximum atomic E-state index is 13.1. The van der Waals surface area contributed by atoms with Gasteiger partial charge < -0.3 is 14.7 Å². The second-order valence-electron chi connectivity index (χ2n) is 3.17. The first kappa shape index (κ1) is 11.6. The van der Waals surface area contributed by atoms with Gasteiger partial charge in [-0.1, -0.05) is 5.16 Å². The standard InChI is InChI=1S/C10H5BrFNO4/c11-5-1-4(8(14)2-6(5)12)7-3-9(10(15)16)17-13-7/h1-3,14H,(H,15,16). The minimum absolute atomic E-state index is 0.112. The third kappa shape index (κ3) is 2.14. The number of carbonyl (C=O) groups is 1. The molecule has 0 bridgehead atoms. The molecular formula is C10H5BrFNO4. The van der Waals surface area contributed by atoms with E-state index in [0.29, 0.717) is 0 Å². The first-order valence-corrected chi connectivity index (χ1v) is 5.16. The molecule has 0 aliphatic rings. The lowest BCUT2D eigenvalue weighted by molar-refractivity contribution is 0.0652. The molecular weight excluding hydrogens is 297 g/mol. The van der Waals surface area contributed by atoms with E-state index < -0.39 is 11.8 Å². The predicted octanol–water partition coefficient (Wildman–Crippen LogP) is 2.65. The zero-order chi connectivity index (χ0) is 12.6. The Balaban J connectivity index is 2.52. The van der Waals surface area contributed by atoms with Gasteiger partial charge in [-0.05, 0) is 22.0 Å². The van der Waals surface area contributed by atoms with Crippen molar-refractivity contribution in [2.75, 3.05) is 0 Å². The van der Waals surface area contributed by atoms with Gasteiger partial charge in [0.25, 0.3) is 0 Å². The molecule has 0 saturated heterocycles. The number of hydrogen-bond donors (Lipinski definition) is 2. The van der Waals surface area contributed by atoms with Crippen molar-refractivity contribution in [3.05, 3.63) is 34.2 Å². The van der Waals surface area contributed by atoms with Gasteiger partial charge in [0.05, 0.1) is 4.47 Å². The number of aromatic nitrogens is 1. The molecule has 0 unspecified atom stereocenters. The number of phenolic OH excluding ortho intramolecular Hbond substituents is 1. The molecule has 7 heteroatoms. The average molecular weight is 302 g/mol. The topological polar surface area (TPSA) is 83.6 Å². The molecule has 2 aromatic rings. The Kier molecular flexibility index (Phi) is 2.84. The normalized spacial score (nSPS) is 10.5. The van der Waals surface area contributed by atoms with Gasteiger partial charge in [-0.15, -0.1) is 0 Å². The zero-order valence-corrected chi connectivity index (χ0v) is 9.73. The fourth-order valence-electron chi connectivity index (χ4n) is 1.24. The number of carboxylic acids is 1. The van der Waals surface area contributed by atoms with Crippen LogP contribution in [0.4, 0.5) is 4.39 Å². The first-order valence-electron chi connectivity index (χ1n) is 4.37. The van der Waals surface area contributed by atoms with E-state index in [1.165, 1.54) is 6.07 Å². The maximum Gasteiger partial charge on any atom is 0.374 e. The van der Waals surface area contributed by atoms with E-state index >= 15 is 0 Å². The van der Waals surface area contributed by atoms with E-state index in [9.17, 15) is 14.3 Å². The summed E-state index contributed by atoms with van der Waals surface area (Å²) in [4.78, 5) is 10.6. The largest absolute Gasteiger partial charge is 0.507 e. The van der Waals surface area contributed by atoms with Crippen LogP contribution >= 0.6 is 15.9 Å². The van der Waals surface area contributed by atoms with Crippen LogP contribution in [0.2, 0.25) is 0 Å². The third-order valence-corrected chi connectivity index (χ3v) is 2.64. The van der Waals surface area contributed by atoms with E-state index in [1.54, 1.807) is 0 Å². The van der Waals surface area contributed by atoms with Crippen molar-refractivity contribution in [2.24, 2.45) is 0 Å². The molecule has 2 N–H and O–H groups in total. The van der Waals surface area contributed by atoms with Gasteiger partial charge in [0.2, 0.25) is 5.76 Å². The fraction of sp³-hybridized carbons (Fsp3) is 0. The number of aromatic hydroxyl groups is 1. The van der Waals surface area contributed by atoms with Gasteiger partial charge in [-0.25, -0.2) is 9.18 Å². The van der Waals surface area contributed by atoms with E-state index in [2.05, 4.69) is 25.6 Å². The number of aromatic carboxylic acids is 1. The van der Waals surface area contributed by atoms with Gasteiger partial charge in [0.15, 0.2) is 0 Å². The van der Waals surface area contributed by atoms with Crippen LogP contribution in [0, 0.1) is 5.82 Å². The lowest BCUT2D eigenvalue weighted by Crippen LogP contribution is -1.91. The van der Waals surface area contributed by atoms with Crippen LogP contribution in [0.15, 0.2) is 27.2 Å². The Morgan fingerprint density at radius 1 is 1.41 bits per heavy atom. The molecule has 1 heterocycles. The Bertz CT molecular complexity index is 596. The van der Waals surface area contributed by atoms with Crippen LogP contribution in [0.25, 0.3) is 11.3 Å². The van der Waals surface area contributed by atoms with Crippen molar-refractivity contribution in [1.29, 1.82) is 0 Å². The summed E-state index contributed by atoms with van der Waals surface area (Å²) in [5, 5.41) is 21.7. The summed E-state index contributed by atoms with van der Waals surface area (Å²) in [6, 6.07) is 3.32. The van der Waals surface area contributed by atoms with Gasteiger partial charge in [0.1, 0.15) is 17.3 Å². The number of carboxylic acid groups (broad SMARTS) is 1. The molecule has 2 rings (SSSR count). The molecule has 0 amide bonds. The summed E-state index contributed by atoms with van der Waals surface area (Å²) in [5.74, 6) is -2.62. The van der Waals surface area contributed by atoms with Gasteiger partial charge in [-0.3, -0.25) is 0 Å². The highest BCUT2D eigenvalue weighted by Crippen LogP contribution is 2.33. The predicted molar refractivity (Wildman–Crippen MR) is 58.2 cm³/mol. The highest BCUT2D eigenvalue weighted by Gasteiger charge is 2.16. The number of rotatable bonds is 2.